The summed E-state index contributed by atoms with van der Waals surface area (Å²) in [6.45, 7) is 5.34. The van der Waals surface area contributed by atoms with E-state index in [1.54, 1.807) is 6.92 Å². The van der Waals surface area contributed by atoms with Crippen molar-refractivity contribution in [3.05, 3.63) is 12.2 Å². The second-order valence-corrected chi connectivity index (χ2v) is 6.64. The van der Waals surface area contributed by atoms with Gasteiger partial charge in [-0.2, -0.15) is 0 Å². The zero-order valence-electron chi connectivity index (χ0n) is 11.0. The zero-order chi connectivity index (χ0) is 12.9. The van der Waals surface area contributed by atoms with E-state index < -0.39 is 5.60 Å². The van der Waals surface area contributed by atoms with Crippen LogP contribution in [0.15, 0.2) is 12.2 Å². The van der Waals surface area contributed by atoms with Gasteiger partial charge in [-0.3, -0.25) is 0 Å². The van der Waals surface area contributed by atoms with Crippen LogP contribution in [0.2, 0.25) is 0 Å². The summed E-state index contributed by atoms with van der Waals surface area (Å²) in [5.41, 5.74) is 0.0525. The van der Waals surface area contributed by atoms with Gasteiger partial charge in [-0.05, 0) is 56.8 Å². The Kier molecular flexibility index (Phi) is 2.77. The summed E-state index contributed by atoms with van der Waals surface area (Å²) in [6.07, 6.45) is 5.78. The van der Waals surface area contributed by atoms with Gasteiger partial charge in [0.2, 0.25) is 0 Å². The minimum Gasteiger partial charge on any atom is -0.456 e. The first kappa shape index (κ1) is 12.2. The Bertz CT molecular complexity index is 380. The first-order valence-electron chi connectivity index (χ1n) is 7.06. The van der Waals surface area contributed by atoms with Crippen molar-refractivity contribution in [1.29, 1.82) is 0 Å². The lowest BCUT2D eigenvalue weighted by molar-refractivity contribution is -0.191. The number of fused-ring (bicyclic) bond motifs is 2. The van der Waals surface area contributed by atoms with E-state index in [-0.39, 0.29) is 12.1 Å². The molecule has 0 aromatic rings. The Labute approximate surface area is 108 Å². The van der Waals surface area contributed by atoms with Crippen LogP contribution in [0.1, 0.15) is 45.4 Å². The van der Waals surface area contributed by atoms with Crippen molar-refractivity contribution < 1.29 is 14.6 Å². The van der Waals surface area contributed by atoms with Gasteiger partial charge < -0.3 is 9.84 Å². The number of esters is 1. The molecule has 0 amide bonds. The standard InChI is InChI=1S/C15H22O3/c1-9(2)14(17)18-15-6-10-3-4-12(13(16)8-15)11(5-10)7-15/h10-13,16H,1,3-8H2,2H3. The highest BCUT2D eigenvalue weighted by Crippen LogP contribution is 2.55. The van der Waals surface area contributed by atoms with Crippen molar-refractivity contribution in [2.75, 3.05) is 0 Å². The quantitative estimate of drug-likeness (QED) is 0.605. The Morgan fingerprint density at radius 3 is 2.83 bits per heavy atom. The van der Waals surface area contributed by atoms with Gasteiger partial charge >= 0.3 is 5.97 Å². The van der Waals surface area contributed by atoms with Crippen LogP contribution in [0.25, 0.3) is 0 Å². The van der Waals surface area contributed by atoms with Crippen molar-refractivity contribution in [2.45, 2.75) is 57.2 Å². The maximum absolute atomic E-state index is 11.8. The normalized spacial score (nSPS) is 45.7. The lowest BCUT2D eigenvalue weighted by Gasteiger charge is -2.55. The third-order valence-corrected chi connectivity index (χ3v) is 5.18. The number of hydrogen-bond acceptors (Lipinski definition) is 3. The molecular weight excluding hydrogens is 228 g/mol. The molecule has 0 radical (unpaired) electrons. The van der Waals surface area contributed by atoms with Gasteiger partial charge in [0, 0.05) is 12.0 Å². The molecule has 3 saturated carbocycles. The molecule has 5 atom stereocenters. The SMILES string of the molecule is C=C(C)C(=O)OC12CC3CCC(C(O)C1)C(C3)C2. The molecule has 5 unspecified atom stereocenters. The molecule has 3 fully saturated rings. The summed E-state index contributed by atoms with van der Waals surface area (Å²) in [6, 6.07) is 0. The van der Waals surface area contributed by atoms with E-state index in [1.165, 1.54) is 12.8 Å². The van der Waals surface area contributed by atoms with Crippen LogP contribution in [0.4, 0.5) is 0 Å². The molecule has 1 N–H and O–H groups in total. The van der Waals surface area contributed by atoms with E-state index in [0.717, 1.165) is 19.3 Å². The topological polar surface area (TPSA) is 46.5 Å². The molecule has 3 aliphatic rings. The molecule has 3 aliphatic carbocycles. The molecule has 0 heterocycles. The number of carbonyl (C=O) groups is 1. The fraction of sp³-hybridized carbons (Fsp3) is 0.800. The van der Waals surface area contributed by atoms with Gasteiger partial charge in [-0.1, -0.05) is 6.58 Å². The van der Waals surface area contributed by atoms with Gasteiger partial charge in [0.25, 0.3) is 0 Å². The van der Waals surface area contributed by atoms with Crippen LogP contribution in [-0.2, 0) is 9.53 Å². The minimum atomic E-state index is -0.403. The highest BCUT2D eigenvalue weighted by atomic mass is 16.6. The highest BCUT2D eigenvalue weighted by molar-refractivity contribution is 5.87. The predicted octanol–water partition coefficient (Wildman–Crippen LogP) is 2.44. The Hall–Kier alpha value is -0.830. The third-order valence-electron chi connectivity index (χ3n) is 5.18. The number of hydrogen-bond donors (Lipinski definition) is 1. The molecule has 0 saturated heterocycles. The van der Waals surface area contributed by atoms with Crippen molar-refractivity contribution in [3.63, 3.8) is 0 Å². The Balaban J connectivity index is 1.83. The van der Waals surface area contributed by atoms with Gasteiger partial charge in [0.1, 0.15) is 5.60 Å². The number of aliphatic hydroxyl groups is 1. The molecule has 0 spiro atoms. The van der Waals surface area contributed by atoms with Crippen molar-refractivity contribution in [3.8, 4) is 0 Å². The summed E-state index contributed by atoms with van der Waals surface area (Å²) in [5, 5.41) is 10.3. The molecule has 0 aromatic heterocycles. The van der Waals surface area contributed by atoms with Gasteiger partial charge in [0.05, 0.1) is 6.10 Å². The summed E-state index contributed by atoms with van der Waals surface area (Å²) >= 11 is 0. The van der Waals surface area contributed by atoms with E-state index in [2.05, 4.69) is 6.58 Å². The highest BCUT2D eigenvalue weighted by Gasteiger charge is 2.54. The molecule has 18 heavy (non-hydrogen) atoms. The average molecular weight is 250 g/mol. The second-order valence-electron chi connectivity index (χ2n) is 6.64. The lowest BCUT2D eigenvalue weighted by Crippen LogP contribution is -2.56. The Morgan fingerprint density at radius 1 is 1.33 bits per heavy atom. The molecule has 0 aromatic carbocycles. The van der Waals surface area contributed by atoms with Gasteiger partial charge in [-0.25, -0.2) is 4.79 Å². The maximum atomic E-state index is 11.8. The second kappa shape index (κ2) is 4.09. The number of carbonyl (C=O) groups excluding carboxylic acids is 1. The van der Waals surface area contributed by atoms with Crippen molar-refractivity contribution >= 4 is 5.97 Å². The van der Waals surface area contributed by atoms with E-state index >= 15 is 0 Å². The minimum absolute atomic E-state index is 0.289. The van der Waals surface area contributed by atoms with Crippen LogP contribution in [-0.4, -0.2) is 22.8 Å². The third kappa shape index (κ3) is 1.89. The van der Waals surface area contributed by atoms with Crippen molar-refractivity contribution in [2.24, 2.45) is 17.8 Å². The van der Waals surface area contributed by atoms with Crippen LogP contribution in [0, 0.1) is 17.8 Å². The molecule has 0 aliphatic heterocycles. The molecule has 3 nitrogen and oxygen atoms in total. The molecule has 3 heteroatoms. The molecule has 3 bridgehead atoms. The maximum Gasteiger partial charge on any atom is 0.333 e. The van der Waals surface area contributed by atoms with Gasteiger partial charge in [0.15, 0.2) is 0 Å². The summed E-state index contributed by atoms with van der Waals surface area (Å²) in [7, 11) is 0. The number of rotatable bonds is 2. The fourth-order valence-electron chi connectivity index (χ4n) is 4.51. The van der Waals surface area contributed by atoms with Gasteiger partial charge in [-0.15, -0.1) is 0 Å². The predicted molar refractivity (Wildman–Crippen MR) is 67.8 cm³/mol. The Morgan fingerprint density at radius 2 is 2.11 bits per heavy atom. The monoisotopic (exact) mass is 250 g/mol. The van der Waals surface area contributed by atoms with Crippen LogP contribution >= 0.6 is 0 Å². The number of aliphatic hydroxyl groups excluding tert-OH is 1. The van der Waals surface area contributed by atoms with E-state index in [1.807, 2.05) is 0 Å². The summed E-state index contributed by atoms with van der Waals surface area (Å²) in [4.78, 5) is 11.8. The zero-order valence-corrected chi connectivity index (χ0v) is 11.0. The molecular formula is C15H22O3. The first-order chi connectivity index (χ1) is 8.49. The van der Waals surface area contributed by atoms with Crippen molar-refractivity contribution in [1.82, 2.24) is 0 Å². The molecule has 3 rings (SSSR count). The fourth-order valence-corrected chi connectivity index (χ4v) is 4.51. The van der Waals surface area contributed by atoms with Crippen LogP contribution < -0.4 is 0 Å². The van der Waals surface area contributed by atoms with E-state index in [4.69, 9.17) is 4.74 Å². The largest absolute Gasteiger partial charge is 0.456 e. The van der Waals surface area contributed by atoms with Crippen LogP contribution in [0.5, 0.6) is 0 Å². The number of ether oxygens (including phenoxy) is 1. The first-order valence-corrected chi connectivity index (χ1v) is 7.06. The summed E-state index contributed by atoms with van der Waals surface area (Å²) in [5.74, 6) is 1.39. The summed E-state index contributed by atoms with van der Waals surface area (Å²) < 4.78 is 5.74. The average Bonchev–Trinajstić information content (AvgIpc) is 2.26. The molecule has 100 valence electrons. The lowest BCUT2D eigenvalue weighted by atomic mass is 9.55. The van der Waals surface area contributed by atoms with E-state index in [0.29, 0.717) is 29.7 Å². The van der Waals surface area contributed by atoms with E-state index in [9.17, 15) is 9.90 Å². The smallest absolute Gasteiger partial charge is 0.333 e. The van der Waals surface area contributed by atoms with Crippen LogP contribution in [0.3, 0.4) is 0 Å².